The number of halogens is 1. The fraction of sp³-hybridized carbons (Fsp3) is 0.667. The Kier molecular flexibility index (Phi) is 5.29. The fourth-order valence-electron chi connectivity index (χ4n) is 0.482. The van der Waals surface area contributed by atoms with Crippen LogP contribution in [0.2, 0.25) is 0 Å². The number of nitrogens with zero attached hydrogens (tertiary/aromatic N) is 1. The minimum atomic E-state index is -0.220. The van der Waals surface area contributed by atoms with E-state index >= 15 is 0 Å². The van der Waals surface area contributed by atoms with Crippen molar-refractivity contribution in [3.63, 3.8) is 0 Å². The lowest BCUT2D eigenvalue weighted by Crippen LogP contribution is -3.00. The van der Waals surface area contributed by atoms with Gasteiger partial charge in [0, 0.05) is 0 Å². The van der Waals surface area contributed by atoms with Crippen molar-refractivity contribution >= 4 is 5.94 Å². The molecule has 0 heterocycles. The topological polar surface area (TPSA) is 37.3 Å². The molecule has 0 fully saturated rings. The van der Waals surface area contributed by atoms with Gasteiger partial charge in [0.1, 0.15) is 6.54 Å². The third-order valence-corrected chi connectivity index (χ3v) is 0.742. The van der Waals surface area contributed by atoms with Gasteiger partial charge in [0.25, 0.3) is 0 Å². The Bertz CT molecular complexity index is 144. The first-order valence-electron chi connectivity index (χ1n) is 2.69. The summed E-state index contributed by atoms with van der Waals surface area (Å²) >= 11 is 0. The lowest BCUT2D eigenvalue weighted by Gasteiger charge is -2.21. The molecule has 0 aliphatic heterocycles. The zero-order valence-electron chi connectivity index (χ0n) is 6.39. The fourth-order valence-corrected chi connectivity index (χ4v) is 0.482. The zero-order chi connectivity index (χ0) is 7.49. The van der Waals surface area contributed by atoms with Crippen LogP contribution < -0.4 is 12.4 Å². The molecule has 10 heavy (non-hydrogen) atoms. The van der Waals surface area contributed by atoms with Crippen LogP contribution in [0.1, 0.15) is 0 Å². The van der Waals surface area contributed by atoms with Crippen molar-refractivity contribution < 1.29 is 26.8 Å². The second-order valence-electron chi connectivity index (χ2n) is 3.00. The molecule has 0 unspecified atom stereocenters. The molecule has 0 aromatic rings. The molecule has 0 saturated heterocycles. The van der Waals surface area contributed by atoms with Crippen molar-refractivity contribution in [2.75, 3.05) is 27.7 Å². The van der Waals surface area contributed by atoms with Crippen LogP contribution in [0.4, 0.5) is 0 Å². The lowest BCUT2D eigenvalue weighted by atomic mass is 10.4. The zero-order valence-corrected chi connectivity index (χ0v) is 7.14. The third kappa shape index (κ3) is 7.50. The largest absolute Gasteiger partial charge is 1.00 e. The minimum absolute atomic E-state index is 0. The number of rotatable bonds is 2. The van der Waals surface area contributed by atoms with E-state index in [9.17, 15) is 4.79 Å². The van der Waals surface area contributed by atoms with Crippen molar-refractivity contribution in [3.8, 4) is 0 Å². The first-order chi connectivity index (χ1) is 3.95. The van der Waals surface area contributed by atoms with Gasteiger partial charge in [0.05, 0.1) is 21.1 Å². The highest BCUT2D eigenvalue weighted by atomic mass is 35.5. The summed E-state index contributed by atoms with van der Waals surface area (Å²) in [5.74, 6) is 1.21. The molecule has 0 rings (SSSR count). The van der Waals surface area contributed by atoms with Gasteiger partial charge in [-0.2, -0.15) is 0 Å². The average molecular weight is 166 g/mol. The predicted octanol–water partition coefficient (Wildman–Crippen LogP) is -3.03. The van der Waals surface area contributed by atoms with Crippen LogP contribution in [-0.4, -0.2) is 43.2 Å². The monoisotopic (exact) mass is 165 g/mol. The number of hydrogen-bond donors (Lipinski definition) is 1. The van der Waals surface area contributed by atoms with Gasteiger partial charge in [-0.25, -0.2) is 4.79 Å². The van der Waals surface area contributed by atoms with Gasteiger partial charge in [-0.1, -0.05) is 0 Å². The van der Waals surface area contributed by atoms with E-state index in [1.807, 2.05) is 21.1 Å². The molecule has 0 aromatic carbocycles. The molecule has 1 N–H and O–H groups in total. The standard InChI is InChI=1S/C6H11NO2.ClH/c1-7(2,3)4-6(9)5-8;/h4H2,1-3H3;1H. The molecular formula is C6H12ClNO2. The average Bonchev–Trinajstić information content (AvgIpc) is 1.62. The lowest BCUT2D eigenvalue weighted by molar-refractivity contribution is -0.866. The summed E-state index contributed by atoms with van der Waals surface area (Å²) in [6, 6.07) is 0. The number of carbonyl (C=O) groups excluding carboxylic acids is 1. The van der Waals surface area contributed by atoms with E-state index in [1.165, 1.54) is 5.94 Å². The number of aliphatic hydroxyl groups excluding tert-OH is 1. The molecular weight excluding hydrogens is 154 g/mol. The maximum atomic E-state index is 9.76. The first-order valence-corrected chi connectivity index (χ1v) is 2.69. The Hall–Kier alpha value is -0.500. The van der Waals surface area contributed by atoms with Crippen LogP contribution in [0.3, 0.4) is 0 Å². The second-order valence-corrected chi connectivity index (χ2v) is 3.00. The number of hydrogen-bond acceptors (Lipinski definition) is 2. The van der Waals surface area contributed by atoms with Crippen LogP contribution in [0.25, 0.3) is 0 Å². The Morgan fingerprint density at radius 2 is 1.90 bits per heavy atom. The molecule has 0 bridgehead atoms. The Labute approximate surface area is 67.0 Å². The quantitative estimate of drug-likeness (QED) is 0.269. The summed E-state index contributed by atoms with van der Waals surface area (Å²) in [6.07, 6.45) is 0. The molecule has 60 valence electrons. The number of quaternary nitrogens is 1. The van der Waals surface area contributed by atoms with Gasteiger partial charge in [-0.3, -0.25) is 0 Å². The molecule has 0 aliphatic carbocycles. The summed E-state index contributed by atoms with van der Waals surface area (Å²) in [5, 5.41) is 8.67. The van der Waals surface area contributed by atoms with Crippen molar-refractivity contribution in [1.82, 2.24) is 0 Å². The molecule has 4 heteroatoms. The van der Waals surface area contributed by atoms with E-state index in [2.05, 4.69) is 0 Å². The van der Waals surface area contributed by atoms with Crippen molar-refractivity contribution in [2.24, 2.45) is 0 Å². The van der Waals surface area contributed by atoms with E-state index in [4.69, 9.17) is 5.11 Å². The summed E-state index contributed by atoms with van der Waals surface area (Å²) in [7, 11) is 5.65. The van der Waals surface area contributed by atoms with Gasteiger partial charge >= 0.3 is 0 Å². The van der Waals surface area contributed by atoms with Crippen LogP contribution in [0.5, 0.6) is 0 Å². The Morgan fingerprint density at radius 3 is 2.00 bits per heavy atom. The van der Waals surface area contributed by atoms with Crippen LogP contribution in [0.15, 0.2) is 5.76 Å². The summed E-state index contributed by atoms with van der Waals surface area (Å²) in [4.78, 5) is 9.76. The molecule has 0 spiro atoms. The Balaban J connectivity index is 0. The molecule has 0 saturated carbocycles. The van der Waals surface area contributed by atoms with Gasteiger partial charge in [0.15, 0.2) is 5.94 Å². The maximum absolute atomic E-state index is 9.76. The summed E-state index contributed by atoms with van der Waals surface area (Å²) in [5.41, 5.74) is 0. The van der Waals surface area contributed by atoms with E-state index < -0.39 is 0 Å². The SMILES string of the molecule is C[N+](C)(C)CC(O)=C=O.[Cl-]. The smallest absolute Gasteiger partial charge is 0.232 e. The second kappa shape index (κ2) is 4.34. The Morgan fingerprint density at radius 1 is 1.50 bits per heavy atom. The van der Waals surface area contributed by atoms with Crippen molar-refractivity contribution in [3.05, 3.63) is 5.76 Å². The van der Waals surface area contributed by atoms with Crippen LogP contribution in [-0.2, 0) is 4.79 Å². The van der Waals surface area contributed by atoms with E-state index in [1.54, 1.807) is 0 Å². The van der Waals surface area contributed by atoms with Crippen LogP contribution >= 0.6 is 0 Å². The molecule has 0 atom stereocenters. The normalized spacial score (nSPS) is 9.50. The van der Waals surface area contributed by atoms with Crippen LogP contribution in [0, 0.1) is 0 Å². The molecule has 0 radical (unpaired) electrons. The molecule has 0 amide bonds. The predicted molar refractivity (Wildman–Crippen MR) is 34.7 cm³/mol. The maximum Gasteiger partial charge on any atom is 0.232 e. The minimum Gasteiger partial charge on any atom is -1.00 e. The van der Waals surface area contributed by atoms with Crippen molar-refractivity contribution in [1.29, 1.82) is 0 Å². The van der Waals surface area contributed by atoms with Gasteiger partial charge in [-0.15, -0.1) is 0 Å². The van der Waals surface area contributed by atoms with Crippen molar-refractivity contribution in [2.45, 2.75) is 0 Å². The number of likely N-dealkylation sites (N-methyl/N-ethyl adjacent to an activating group) is 1. The van der Waals surface area contributed by atoms with E-state index in [-0.39, 0.29) is 18.2 Å². The molecule has 0 aromatic heterocycles. The van der Waals surface area contributed by atoms with E-state index in [0.717, 1.165) is 0 Å². The molecule has 3 nitrogen and oxygen atoms in total. The highest BCUT2D eigenvalue weighted by Gasteiger charge is 2.09. The summed E-state index contributed by atoms with van der Waals surface area (Å²) in [6.45, 7) is 0.337. The number of aliphatic hydroxyl groups is 1. The third-order valence-electron chi connectivity index (χ3n) is 0.742. The first kappa shape index (κ1) is 12.2. The van der Waals surface area contributed by atoms with Gasteiger partial charge < -0.3 is 22.0 Å². The van der Waals surface area contributed by atoms with Gasteiger partial charge in [0.2, 0.25) is 5.76 Å². The highest BCUT2D eigenvalue weighted by molar-refractivity contribution is 5.48. The van der Waals surface area contributed by atoms with Gasteiger partial charge in [-0.05, 0) is 0 Å². The molecule has 0 aliphatic rings. The summed E-state index contributed by atoms with van der Waals surface area (Å²) < 4.78 is 0.543. The highest BCUT2D eigenvalue weighted by Crippen LogP contribution is 1.92. The van der Waals surface area contributed by atoms with E-state index in [0.29, 0.717) is 11.0 Å².